The van der Waals surface area contributed by atoms with Gasteiger partial charge in [0, 0.05) is 0 Å². The van der Waals surface area contributed by atoms with E-state index in [-0.39, 0.29) is 5.91 Å². The predicted octanol–water partition coefficient (Wildman–Crippen LogP) is 4.81. The molecule has 3 aromatic rings. The summed E-state index contributed by atoms with van der Waals surface area (Å²) < 4.78 is 5.74. The molecule has 0 spiro atoms. The summed E-state index contributed by atoms with van der Waals surface area (Å²) in [5, 5.41) is 6.21. The van der Waals surface area contributed by atoms with Crippen LogP contribution in [-0.4, -0.2) is 18.2 Å². The van der Waals surface area contributed by atoms with E-state index < -0.39 is 6.10 Å². The molecule has 1 atom stereocenters. The number of carbonyl (C=O) groups is 1. The monoisotopic (exact) mass is 358 g/mol. The van der Waals surface area contributed by atoms with Crippen LogP contribution < -0.4 is 10.2 Å². The summed E-state index contributed by atoms with van der Waals surface area (Å²) in [5.41, 5.74) is 4.54. The summed E-state index contributed by atoms with van der Waals surface area (Å²) in [6.07, 6.45) is 2.96. The van der Waals surface area contributed by atoms with Gasteiger partial charge >= 0.3 is 0 Å². The number of fused-ring (bicyclic) bond motifs is 1. The molecule has 136 valence electrons. The molecule has 0 heterocycles. The topological polar surface area (TPSA) is 50.7 Å². The first-order valence-electron chi connectivity index (χ1n) is 8.83. The van der Waals surface area contributed by atoms with Crippen LogP contribution in [0.1, 0.15) is 19.4 Å². The Hall–Kier alpha value is -3.40. The first-order valence-corrected chi connectivity index (χ1v) is 8.83. The van der Waals surface area contributed by atoms with E-state index in [1.54, 1.807) is 13.1 Å². The number of rotatable bonds is 6. The average molecular weight is 358 g/mol. The average Bonchev–Trinajstić information content (AvgIpc) is 2.68. The lowest BCUT2D eigenvalue weighted by Crippen LogP contribution is -2.33. The van der Waals surface area contributed by atoms with E-state index in [0.717, 1.165) is 21.9 Å². The molecule has 1 amide bonds. The van der Waals surface area contributed by atoms with Gasteiger partial charge in [-0.1, -0.05) is 66.7 Å². The summed E-state index contributed by atoms with van der Waals surface area (Å²) in [5.74, 6) is 0.354. The van der Waals surface area contributed by atoms with E-state index in [1.165, 1.54) is 0 Å². The van der Waals surface area contributed by atoms with Gasteiger partial charge in [-0.15, -0.1) is 0 Å². The fourth-order valence-electron chi connectivity index (χ4n) is 2.64. The molecule has 0 aliphatic carbocycles. The van der Waals surface area contributed by atoms with Gasteiger partial charge in [0.2, 0.25) is 0 Å². The number of nitrogens with zero attached hydrogens (tertiary/aromatic N) is 1. The largest absolute Gasteiger partial charge is 0.481 e. The van der Waals surface area contributed by atoms with Crippen LogP contribution in [0.2, 0.25) is 0 Å². The first-order chi connectivity index (χ1) is 13.1. The van der Waals surface area contributed by atoms with Crippen LogP contribution in [-0.2, 0) is 4.79 Å². The van der Waals surface area contributed by atoms with Crippen molar-refractivity contribution in [2.75, 3.05) is 0 Å². The molecule has 0 bridgehead atoms. The second-order valence-corrected chi connectivity index (χ2v) is 6.30. The molecule has 1 N–H and O–H groups in total. The van der Waals surface area contributed by atoms with Crippen molar-refractivity contribution in [3.63, 3.8) is 0 Å². The van der Waals surface area contributed by atoms with Crippen LogP contribution in [0, 0.1) is 0 Å². The smallest absolute Gasteiger partial charge is 0.280 e. The molecule has 3 rings (SSSR count). The number of hydrogen-bond donors (Lipinski definition) is 1. The highest BCUT2D eigenvalue weighted by Gasteiger charge is 2.14. The van der Waals surface area contributed by atoms with Crippen LogP contribution >= 0.6 is 0 Å². The molecule has 0 saturated heterocycles. The molecule has 0 aromatic heterocycles. The molecular weight excluding hydrogens is 336 g/mol. The Bertz CT molecular complexity index is 978. The molecule has 0 saturated carbocycles. The number of carbonyl (C=O) groups excluding carboxylic acids is 1. The van der Waals surface area contributed by atoms with Crippen LogP contribution in [0.25, 0.3) is 16.8 Å². The second-order valence-electron chi connectivity index (χ2n) is 6.30. The molecule has 0 fully saturated rings. The zero-order valence-corrected chi connectivity index (χ0v) is 15.4. The van der Waals surface area contributed by atoms with E-state index in [1.807, 2.05) is 85.8 Å². The Morgan fingerprint density at radius 3 is 2.48 bits per heavy atom. The highest BCUT2D eigenvalue weighted by molar-refractivity contribution is 5.87. The van der Waals surface area contributed by atoms with Gasteiger partial charge in [-0.2, -0.15) is 5.10 Å². The Morgan fingerprint density at radius 2 is 1.70 bits per heavy atom. The van der Waals surface area contributed by atoms with Crippen LogP contribution in [0.15, 0.2) is 83.5 Å². The van der Waals surface area contributed by atoms with Crippen molar-refractivity contribution in [1.82, 2.24) is 5.43 Å². The third kappa shape index (κ3) is 5.28. The Labute approximate surface area is 159 Å². The van der Waals surface area contributed by atoms with Gasteiger partial charge in [0.1, 0.15) is 5.75 Å². The Kier molecular flexibility index (Phi) is 6.00. The molecular formula is C23H22N2O2. The Morgan fingerprint density at radius 1 is 1.00 bits per heavy atom. The summed E-state index contributed by atoms with van der Waals surface area (Å²) in [6.45, 7) is 3.63. The predicted molar refractivity (Wildman–Crippen MR) is 111 cm³/mol. The van der Waals surface area contributed by atoms with Gasteiger partial charge < -0.3 is 4.74 Å². The standard InChI is InChI=1S/C23H22N2O2/c1-17(14-19-8-4-3-5-9-19)16-24-25-23(26)18(2)27-22-13-12-20-10-6-7-11-21(20)15-22/h3-16,18H,1-2H3,(H,25,26)/b17-14-,24-16+. The Balaban J connectivity index is 1.56. The zero-order valence-electron chi connectivity index (χ0n) is 15.4. The summed E-state index contributed by atoms with van der Waals surface area (Å²) in [6, 6.07) is 23.7. The SMILES string of the molecule is CC(=C/c1ccccc1)/C=N/NC(=O)C(C)Oc1ccc2ccccc2c1. The lowest BCUT2D eigenvalue weighted by Gasteiger charge is -2.13. The number of nitrogens with one attached hydrogen (secondary N) is 1. The van der Waals surface area contributed by atoms with Crippen molar-refractivity contribution in [3.05, 3.63) is 83.9 Å². The molecule has 4 heteroatoms. The maximum Gasteiger partial charge on any atom is 0.280 e. The summed E-state index contributed by atoms with van der Waals surface area (Å²) in [7, 11) is 0. The van der Waals surface area contributed by atoms with Crippen molar-refractivity contribution >= 4 is 29.0 Å². The van der Waals surface area contributed by atoms with E-state index in [0.29, 0.717) is 5.75 Å². The van der Waals surface area contributed by atoms with E-state index >= 15 is 0 Å². The molecule has 27 heavy (non-hydrogen) atoms. The number of benzene rings is 3. The van der Waals surface area contributed by atoms with Crippen LogP contribution in [0.4, 0.5) is 0 Å². The molecule has 0 radical (unpaired) electrons. The van der Waals surface area contributed by atoms with Crippen molar-refractivity contribution in [2.24, 2.45) is 5.10 Å². The van der Waals surface area contributed by atoms with Crippen LogP contribution in [0.5, 0.6) is 5.75 Å². The van der Waals surface area contributed by atoms with Gasteiger partial charge in [-0.05, 0) is 47.9 Å². The number of allylic oxidation sites excluding steroid dienone is 1. The quantitative estimate of drug-likeness (QED) is 0.508. The van der Waals surface area contributed by atoms with Gasteiger partial charge in [-0.3, -0.25) is 4.79 Å². The first kappa shape index (κ1) is 18.4. The van der Waals surface area contributed by atoms with E-state index in [2.05, 4.69) is 10.5 Å². The summed E-state index contributed by atoms with van der Waals surface area (Å²) in [4.78, 5) is 12.2. The molecule has 0 aliphatic rings. The lowest BCUT2D eigenvalue weighted by molar-refractivity contribution is -0.127. The van der Waals surface area contributed by atoms with Gasteiger partial charge in [0.05, 0.1) is 6.21 Å². The number of hydrazone groups is 1. The molecule has 1 unspecified atom stereocenters. The highest BCUT2D eigenvalue weighted by Crippen LogP contribution is 2.21. The number of amides is 1. The number of ether oxygens (including phenoxy) is 1. The fraction of sp³-hybridized carbons (Fsp3) is 0.130. The van der Waals surface area contributed by atoms with Gasteiger partial charge in [0.25, 0.3) is 5.91 Å². The second kappa shape index (κ2) is 8.81. The molecule has 3 aromatic carbocycles. The molecule has 4 nitrogen and oxygen atoms in total. The normalized spacial score (nSPS) is 12.9. The maximum atomic E-state index is 12.2. The highest BCUT2D eigenvalue weighted by atomic mass is 16.5. The van der Waals surface area contributed by atoms with E-state index in [4.69, 9.17) is 4.74 Å². The van der Waals surface area contributed by atoms with Crippen molar-refractivity contribution in [2.45, 2.75) is 20.0 Å². The molecule has 0 aliphatic heterocycles. The third-order valence-corrected chi connectivity index (χ3v) is 4.04. The fourth-order valence-corrected chi connectivity index (χ4v) is 2.64. The lowest BCUT2D eigenvalue weighted by atomic mass is 10.1. The van der Waals surface area contributed by atoms with Crippen LogP contribution in [0.3, 0.4) is 0 Å². The summed E-state index contributed by atoms with van der Waals surface area (Å²) >= 11 is 0. The van der Waals surface area contributed by atoms with Gasteiger partial charge in [0.15, 0.2) is 6.10 Å². The number of hydrogen-bond acceptors (Lipinski definition) is 3. The zero-order chi connectivity index (χ0) is 19.1. The minimum atomic E-state index is -0.651. The van der Waals surface area contributed by atoms with Crippen molar-refractivity contribution < 1.29 is 9.53 Å². The van der Waals surface area contributed by atoms with Crippen molar-refractivity contribution in [1.29, 1.82) is 0 Å². The maximum absolute atomic E-state index is 12.2. The van der Waals surface area contributed by atoms with Crippen molar-refractivity contribution in [3.8, 4) is 5.75 Å². The van der Waals surface area contributed by atoms with Gasteiger partial charge in [-0.25, -0.2) is 5.43 Å². The minimum Gasteiger partial charge on any atom is -0.481 e. The van der Waals surface area contributed by atoms with E-state index in [9.17, 15) is 4.79 Å². The minimum absolute atomic E-state index is 0.299. The third-order valence-electron chi connectivity index (χ3n) is 4.04.